The summed E-state index contributed by atoms with van der Waals surface area (Å²) in [4.78, 5) is 21.1. The molecule has 5 rings (SSSR count). The minimum atomic E-state index is -0.958. The van der Waals surface area contributed by atoms with Crippen LogP contribution in [0.3, 0.4) is 0 Å². The van der Waals surface area contributed by atoms with Crippen LogP contribution < -0.4 is 15.2 Å². The van der Waals surface area contributed by atoms with Crippen LogP contribution in [0.25, 0.3) is 10.9 Å². The van der Waals surface area contributed by atoms with Crippen molar-refractivity contribution in [3.63, 3.8) is 0 Å². The molecule has 1 atom stereocenters. The van der Waals surface area contributed by atoms with E-state index in [1.165, 1.54) is 14.2 Å². The first-order valence-electron chi connectivity index (χ1n) is 14.1. The molecule has 2 aromatic heterocycles. The average molecular weight is 599 g/mol. The standard InChI is InChI=1S/C30H36F2N6O5/c1-30(2,3)43-29(39)37-9-8-19(17-37)38-27-18(16-36-10-12-42-13-11-36)15-34-28(33)24(27)21(35-38)7-6-20-25(31)22(40-4)14-23(41-5)26(20)32/h14-15,19H,8-13,16-17H2,1-5H3,(H2,33,34)/t19-/m0/s1. The molecule has 4 heterocycles. The molecule has 13 heteroatoms. The van der Waals surface area contributed by atoms with Crippen LogP contribution in [0.15, 0.2) is 12.3 Å². The topological polar surface area (TPSA) is 117 Å². The average Bonchev–Trinajstić information content (AvgIpc) is 3.61. The number of hydrogen-bond acceptors (Lipinski definition) is 9. The molecule has 2 N–H and O–H groups in total. The lowest BCUT2D eigenvalue weighted by Crippen LogP contribution is -2.36. The summed E-state index contributed by atoms with van der Waals surface area (Å²) >= 11 is 0. The van der Waals surface area contributed by atoms with Crippen LogP contribution >= 0.6 is 0 Å². The summed E-state index contributed by atoms with van der Waals surface area (Å²) in [6.07, 6.45) is 1.92. The van der Waals surface area contributed by atoms with Gasteiger partial charge in [-0.15, -0.1) is 0 Å². The number of pyridine rings is 1. The van der Waals surface area contributed by atoms with Gasteiger partial charge in [-0.3, -0.25) is 9.58 Å². The van der Waals surface area contributed by atoms with E-state index in [1.54, 1.807) is 11.1 Å². The van der Waals surface area contributed by atoms with Gasteiger partial charge in [-0.25, -0.2) is 18.6 Å². The van der Waals surface area contributed by atoms with Crippen LogP contribution in [0, 0.1) is 23.5 Å². The summed E-state index contributed by atoms with van der Waals surface area (Å²) in [6.45, 7) is 9.59. The summed E-state index contributed by atoms with van der Waals surface area (Å²) in [6, 6.07) is 0.900. The molecular formula is C30H36F2N6O5. The highest BCUT2D eigenvalue weighted by Gasteiger charge is 2.33. The lowest BCUT2D eigenvalue weighted by atomic mass is 10.1. The van der Waals surface area contributed by atoms with Crippen LogP contribution in [0.1, 0.15) is 50.1 Å². The molecule has 0 bridgehead atoms. The van der Waals surface area contributed by atoms with Gasteiger partial charge in [0.2, 0.25) is 0 Å². The molecule has 0 spiro atoms. The number of benzene rings is 1. The number of carbonyl (C=O) groups excluding carboxylic acids is 1. The second-order valence-electron chi connectivity index (χ2n) is 11.5. The number of morpholine rings is 1. The highest BCUT2D eigenvalue weighted by Crippen LogP contribution is 2.34. The summed E-state index contributed by atoms with van der Waals surface area (Å²) in [7, 11) is 2.54. The number of likely N-dealkylation sites (tertiary alicyclic amines) is 1. The van der Waals surface area contributed by atoms with E-state index in [4.69, 9.17) is 29.8 Å². The minimum Gasteiger partial charge on any atom is -0.493 e. The maximum Gasteiger partial charge on any atom is 0.410 e. The number of nitrogens with two attached hydrogens (primary N) is 1. The molecule has 11 nitrogen and oxygen atoms in total. The number of nitrogen functional groups attached to an aromatic ring is 1. The van der Waals surface area contributed by atoms with E-state index in [1.807, 2.05) is 25.5 Å². The van der Waals surface area contributed by atoms with Crippen molar-refractivity contribution in [1.82, 2.24) is 24.6 Å². The Bertz CT molecular complexity index is 1560. The van der Waals surface area contributed by atoms with E-state index >= 15 is 8.78 Å². The molecule has 3 aromatic rings. The minimum absolute atomic E-state index is 0.183. The molecule has 0 radical (unpaired) electrons. The van der Waals surface area contributed by atoms with Crippen LogP contribution in [-0.4, -0.2) is 89.9 Å². The third-order valence-corrected chi connectivity index (χ3v) is 7.37. The van der Waals surface area contributed by atoms with Gasteiger partial charge in [-0.1, -0.05) is 5.92 Å². The number of hydrogen-bond donors (Lipinski definition) is 1. The molecule has 230 valence electrons. The predicted octanol–water partition coefficient (Wildman–Crippen LogP) is 3.72. The summed E-state index contributed by atoms with van der Waals surface area (Å²) in [5, 5.41) is 5.28. The Morgan fingerprint density at radius 2 is 1.79 bits per heavy atom. The van der Waals surface area contributed by atoms with E-state index < -0.39 is 28.9 Å². The van der Waals surface area contributed by atoms with Crippen molar-refractivity contribution in [2.45, 2.75) is 45.4 Å². The van der Waals surface area contributed by atoms with E-state index in [9.17, 15) is 4.79 Å². The maximum absolute atomic E-state index is 15.1. The summed E-state index contributed by atoms with van der Waals surface area (Å²) in [5.74, 6) is 3.28. The predicted molar refractivity (Wildman–Crippen MR) is 155 cm³/mol. The Hall–Kier alpha value is -4.15. The molecule has 1 amide bonds. The van der Waals surface area contributed by atoms with Crippen molar-refractivity contribution in [3.8, 4) is 23.3 Å². The number of halogens is 2. The van der Waals surface area contributed by atoms with Gasteiger partial charge in [0.25, 0.3) is 0 Å². The molecular weight excluding hydrogens is 562 g/mol. The van der Waals surface area contributed by atoms with Gasteiger partial charge in [0.05, 0.1) is 44.4 Å². The number of ether oxygens (including phenoxy) is 4. The lowest BCUT2D eigenvalue weighted by Gasteiger charge is -2.27. The molecule has 1 aromatic carbocycles. The highest BCUT2D eigenvalue weighted by molar-refractivity contribution is 5.95. The van der Waals surface area contributed by atoms with E-state index in [2.05, 4.69) is 21.7 Å². The van der Waals surface area contributed by atoms with Crippen LogP contribution in [0.4, 0.5) is 19.4 Å². The first-order valence-corrected chi connectivity index (χ1v) is 14.1. The monoisotopic (exact) mass is 598 g/mol. The summed E-state index contributed by atoms with van der Waals surface area (Å²) in [5.41, 5.74) is 7.03. The molecule has 0 aliphatic carbocycles. The first kappa shape index (κ1) is 30.3. The number of rotatable bonds is 5. The van der Waals surface area contributed by atoms with Crippen LogP contribution in [0.5, 0.6) is 11.5 Å². The van der Waals surface area contributed by atoms with Gasteiger partial charge in [-0.05, 0) is 33.1 Å². The number of nitrogens with zero attached hydrogens (tertiary/aromatic N) is 5. The van der Waals surface area contributed by atoms with Crippen molar-refractivity contribution in [1.29, 1.82) is 0 Å². The van der Waals surface area contributed by atoms with Crippen molar-refractivity contribution in [2.24, 2.45) is 0 Å². The van der Waals surface area contributed by atoms with E-state index in [0.29, 0.717) is 50.2 Å². The third-order valence-electron chi connectivity index (χ3n) is 7.37. The molecule has 2 fully saturated rings. The van der Waals surface area contributed by atoms with Gasteiger partial charge in [0.1, 0.15) is 22.7 Å². The Morgan fingerprint density at radius 3 is 2.42 bits per heavy atom. The van der Waals surface area contributed by atoms with Gasteiger partial charge in [0, 0.05) is 50.6 Å². The van der Waals surface area contributed by atoms with Gasteiger partial charge in [0.15, 0.2) is 23.1 Å². The lowest BCUT2D eigenvalue weighted by molar-refractivity contribution is 0.0288. The maximum atomic E-state index is 15.1. The largest absolute Gasteiger partial charge is 0.493 e. The van der Waals surface area contributed by atoms with Crippen LogP contribution in [-0.2, 0) is 16.0 Å². The molecule has 43 heavy (non-hydrogen) atoms. The van der Waals surface area contributed by atoms with Crippen LogP contribution in [0.2, 0.25) is 0 Å². The zero-order valence-electron chi connectivity index (χ0n) is 25.0. The number of amides is 1. The molecule has 2 saturated heterocycles. The van der Waals surface area contributed by atoms with Crippen molar-refractivity contribution in [2.75, 3.05) is 59.3 Å². The zero-order valence-corrected chi connectivity index (χ0v) is 25.0. The summed E-state index contributed by atoms with van der Waals surface area (Å²) < 4.78 is 53.2. The van der Waals surface area contributed by atoms with Crippen molar-refractivity contribution >= 4 is 22.8 Å². The van der Waals surface area contributed by atoms with Crippen molar-refractivity contribution < 1.29 is 32.5 Å². The normalized spacial score (nSPS) is 17.6. The third kappa shape index (κ3) is 6.30. The first-order chi connectivity index (χ1) is 20.5. The fraction of sp³-hybridized carbons (Fsp3) is 0.500. The number of fused-ring (bicyclic) bond motifs is 1. The second kappa shape index (κ2) is 12.2. The fourth-order valence-corrected chi connectivity index (χ4v) is 5.28. The Labute approximate surface area is 248 Å². The van der Waals surface area contributed by atoms with E-state index in [-0.39, 0.29) is 29.1 Å². The molecule has 0 unspecified atom stereocenters. The van der Waals surface area contributed by atoms with E-state index in [0.717, 1.165) is 24.7 Å². The van der Waals surface area contributed by atoms with Crippen molar-refractivity contribution in [3.05, 3.63) is 40.7 Å². The smallest absolute Gasteiger partial charge is 0.410 e. The molecule has 2 aliphatic rings. The quantitative estimate of drug-likeness (QED) is 0.439. The highest BCUT2D eigenvalue weighted by atomic mass is 19.1. The molecule has 0 saturated carbocycles. The SMILES string of the molecule is COc1cc(OC)c(F)c(C#Cc2nn([C@H]3CCN(C(=O)OC(C)(C)C)C3)c3c(CN4CCOCC4)cnc(N)c23)c1F. The second-order valence-corrected chi connectivity index (χ2v) is 11.5. The number of methoxy groups -OCH3 is 2. The number of anilines is 1. The molecule has 2 aliphatic heterocycles. The number of carbonyl (C=O) groups is 1. The fourth-order valence-electron chi connectivity index (χ4n) is 5.28. The van der Waals surface area contributed by atoms with Gasteiger partial charge >= 0.3 is 6.09 Å². The zero-order chi connectivity index (χ0) is 30.9. The Kier molecular flexibility index (Phi) is 8.62. The Balaban J connectivity index is 1.61. The Morgan fingerprint density at radius 1 is 1.12 bits per heavy atom. The van der Waals surface area contributed by atoms with Gasteiger partial charge in [-0.2, -0.15) is 5.10 Å². The number of aromatic nitrogens is 3. The van der Waals surface area contributed by atoms with Gasteiger partial charge < -0.3 is 29.6 Å².